The summed E-state index contributed by atoms with van der Waals surface area (Å²) in [6, 6.07) is 6.89. The van der Waals surface area contributed by atoms with E-state index in [0.717, 1.165) is 39.0 Å². The third-order valence-corrected chi connectivity index (χ3v) is 3.98. The van der Waals surface area contributed by atoms with Crippen molar-refractivity contribution in [3.8, 4) is 0 Å². The fourth-order valence-electron chi connectivity index (χ4n) is 2.61. The van der Waals surface area contributed by atoms with Gasteiger partial charge in [-0.25, -0.2) is 4.39 Å². The van der Waals surface area contributed by atoms with Crippen LogP contribution in [0.4, 0.5) is 10.1 Å². The second-order valence-electron chi connectivity index (χ2n) is 5.46. The van der Waals surface area contributed by atoms with Crippen LogP contribution in [0.1, 0.15) is 12.8 Å². The number of rotatable bonds is 4. The van der Waals surface area contributed by atoms with Gasteiger partial charge in [0, 0.05) is 32.1 Å². The minimum absolute atomic E-state index is 0.162. The number of anilines is 1. The Morgan fingerprint density at radius 1 is 1.16 bits per heavy atom. The molecule has 1 aromatic rings. The third kappa shape index (κ3) is 2.95. The Hall–Kier alpha value is -1.42. The highest BCUT2D eigenvalue weighted by atomic mass is 19.1. The molecule has 19 heavy (non-hydrogen) atoms. The average Bonchev–Trinajstić information content (AvgIpc) is 3.25. The zero-order valence-corrected chi connectivity index (χ0v) is 11.0. The summed E-state index contributed by atoms with van der Waals surface area (Å²) in [5.74, 6) is 0.564. The van der Waals surface area contributed by atoms with Crippen LogP contribution in [0.5, 0.6) is 0 Å². The normalized spacial score (nSPS) is 20.6. The summed E-state index contributed by atoms with van der Waals surface area (Å²) >= 11 is 0. The van der Waals surface area contributed by atoms with Crippen molar-refractivity contribution in [3.63, 3.8) is 0 Å². The first-order chi connectivity index (χ1) is 9.24. The zero-order chi connectivity index (χ0) is 13.2. The van der Waals surface area contributed by atoms with E-state index in [1.165, 1.54) is 6.07 Å². The Balaban J connectivity index is 1.54. The molecule has 1 heterocycles. The van der Waals surface area contributed by atoms with Crippen LogP contribution in [0.25, 0.3) is 0 Å². The lowest BCUT2D eigenvalue weighted by Gasteiger charge is -2.35. The van der Waals surface area contributed by atoms with Crippen molar-refractivity contribution < 1.29 is 9.18 Å². The first-order valence-corrected chi connectivity index (χ1v) is 6.98. The van der Waals surface area contributed by atoms with Gasteiger partial charge in [-0.1, -0.05) is 12.1 Å². The largest absolute Gasteiger partial charge is 0.367 e. The summed E-state index contributed by atoms with van der Waals surface area (Å²) in [7, 11) is 0. The molecule has 0 atom stereocenters. The molecular formula is C15H19FN2O. The number of benzene rings is 1. The predicted molar refractivity (Wildman–Crippen MR) is 72.8 cm³/mol. The van der Waals surface area contributed by atoms with Crippen molar-refractivity contribution in [1.29, 1.82) is 0 Å². The van der Waals surface area contributed by atoms with Crippen molar-refractivity contribution in [2.75, 3.05) is 37.6 Å². The lowest BCUT2D eigenvalue weighted by molar-refractivity contribution is -0.121. The Kier molecular flexibility index (Phi) is 3.51. The average molecular weight is 262 g/mol. The van der Waals surface area contributed by atoms with Crippen molar-refractivity contribution in [2.24, 2.45) is 5.92 Å². The Morgan fingerprint density at radius 2 is 1.84 bits per heavy atom. The molecule has 3 rings (SSSR count). The summed E-state index contributed by atoms with van der Waals surface area (Å²) in [6.45, 7) is 3.84. The van der Waals surface area contributed by atoms with Gasteiger partial charge < -0.3 is 4.90 Å². The maximum Gasteiger partial charge on any atom is 0.149 e. The number of carbonyl (C=O) groups is 1. The van der Waals surface area contributed by atoms with E-state index in [2.05, 4.69) is 9.80 Å². The highest BCUT2D eigenvalue weighted by Crippen LogP contribution is 2.30. The van der Waals surface area contributed by atoms with Gasteiger partial charge in [-0.3, -0.25) is 9.69 Å². The van der Waals surface area contributed by atoms with Crippen LogP contribution in [0.2, 0.25) is 0 Å². The van der Waals surface area contributed by atoms with E-state index in [9.17, 15) is 9.18 Å². The van der Waals surface area contributed by atoms with Gasteiger partial charge in [0.15, 0.2) is 0 Å². The van der Waals surface area contributed by atoms with Crippen LogP contribution in [0.15, 0.2) is 24.3 Å². The van der Waals surface area contributed by atoms with E-state index in [-0.39, 0.29) is 5.82 Å². The molecule has 1 aliphatic heterocycles. The molecule has 1 saturated carbocycles. The number of piperazine rings is 1. The summed E-state index contributed by atoms with van der Waals surface area (Å²) in [5.41, 5.74) is 0.677. The number of halogens is 1. The second kappa shape index (κ2) is 5.29. The van der Waals surface area contributed by atoms with E-state index in [0.29, 0.717) is 23.9 Å². The topological polar surface area (TPSA) is 23.6 Å². The number of Topliss-reactive ketones (excluding diaryl/α,β-unsaturated/α-hetero) is 1. The van der Waals surface area contributed by atoms with Gasteiger partial charge in [0.1, 0.15) is 11.6 Å². The first kappa shape index (κ1) is 12.6. The molecule has 1 saturated heterocycles. The van der Waals surface area contributed by atoms with Gasteiger partial charge in [0.25, 0.3) is 0 Å². The maximum atomic E-state index is 13.7. The highest BCUT2D eigenvalue weighted by Gasteiger charge is 2.31. The lowest BCUT2D eigenvalue weighted by Crippen LogP contribution is -2.48. The van der Waals surface area contributed by atoms with Gasteiger partial charge >= 0.3 is 0 Å². The minimum Gasteiger partial charge on any atom is -0.367 e. The van der Waals surface area contributed by atoms with E-state index in [4.69, 9.17) is 0 Å². The number of hydrogen-bond acceptors (Lipinski definition) is 3. The molecule has 0 bridgehead atoms. The molecule has 0 amide bonds. The molecule has 0 unspecified atom stereocenters. The molecule has 1 aliphatic carbocycles. The Labute approximate surface area is 113 Å². The van der Waals surface area contributed by atoms with Crippen LogP contribution in [0.3, 0.4) is 0 Å². The molecule has 2 aliphatic rings. The summed E-state index contributed by atoms with van der Waals surface area (Å²) in [5, 5.41) is 0. The van der Waals surface area contributed by atoms with Gasteiger partial charge in [-0.2, -0.15) is 0 Å². The van der Waals surface area contributed by atoms with Gasteiger partial charge in [-0.05, 0) is 25.0 Å². The SMILES string of the molecule is O=C(CN1CCN(c2ccccc2F)CC1)C1CC1. The Morgan fingerprint density at radius 3 is 2.47 bits per heavy atom. The van der Waals surface area contributed by atoms with E-state index in [1.807, 2.05) is 12.1 Å². The van der Waals surface area contributed by atoms with E-state index in [1.54, 1.807) is 6.07 Å². The molecule has 1 aromatic carbocycles. The van der Waals surface area contributed by atoms with Crippen molar-refractivity contribution in [3.05, 3.63) is 30.1 Å². The quantitative estimate of drug-likeness (QED) is 0.828. The number of nitrogens with zero attached hydrogens (tertiary/aromatic N) is 2. The first-order valence-electron chi connectivity index (χ1n) is 6.98. The monoisotopic (exact) mass is 262 g/mol. The molecule has 102 valence electrons. The Bertz CT molecular complexity index is 465. The highest BCUT2D eigenvalue weighted by molar-refractivity contribution is 5.85. The molecular weight excluding hydrogens is 243 g/mol. The van der Waals surface area contributed by atoms with Crippen LogP contribution >= 0.6 is 0 Å². The molecule has 0 N–H and O–H groups in total. The van der Waals surface area contributed by atoms with Crippen molar-refractivity contribution in [1.82, 2.24) is 4.90 Å². The fraction of sp³-hybridized carbons (Fsp3) is 0.533. The number of para-hydroxylation sites is 1. The van der Waals surface area contributed by atoms with Gasteiger partial charge in [0.05, 0.1) is 12.2 Å². The third-order valence-electron chi connectivity index (χ3n) is 3.98. The fourth-order valence-corrected chi connectivity index (χ4v) is 2.61. The summed E-state index contributed by atoms with van der Waals surface area (Å²) < 4.78 is 13.7. The number of ketones is 1. The predicted octanol–water partition coefficient (Wildman–Crippen LogP) is 1.93. The van der Waals surface area contributed by atoms with Crippen molar-refractivity contribution in [2.45, 2.75) is 12.8 Å². The number of carbonyl (C=O) groups excluding carboxylic acids is 1. The maximum absolute atomic E-state index is 13.7. The van der Waals surface area contributed by atoms with Crippen LogP contribution < -0.4 is 4.90 Å². The van der Waals surface area contributed by atoms with Crippen LogP contribution in [0, 0.1) is 11.7 Å². The summed E-state index contributed by atoms with van der Waals surface area (Å²) in [6.07, 6.45) is 2.15. The standard InChI is InChI=1S/C15H19FN2O/c16-13-3-1-2-4-14(13)18-9-7-17(8-10-18)11-15(19)12-5-6-12/h1-4,12H,5-11H2. The minimum atomic E-state index is -0.162. The van der Waals surface area contributed by atoms with Gasteiger partial charge in [0.2, 0.25) is 0 Å². The molecule has 2 fully saturated rings. The zero-order valence-electron chi connectivity index (χ0n) is 11.0. The molecule has 0 radical (unpaired) electrons. The smallest absolute Gasteiger partial charge is 0.149 e. The van der Waals surface area contributed by atoms with E-state index < -0.39 is 0 Å². The molecule has 3 nitrogen and oxygen atoms in total. The number of hydrogen-bond donors (Lipinski definition) is 0. The molecule has 0 aromatic heterocycles. The summed E-state index contributed by atoms with van der Waals surface area (Å²) in [4.78, 5) is 16.0. The van der Waals surface area contributed by atoms with Crippen molar-refractivity contribution >= 4 is 11.5 Å². The molecule has 4 heteroatoms. The lowest BCUT2D eigenvalue weighted by atomic mass is 10.2. The van der Waals surface area contributed by atoms with E-state index >= 15 is 0 Å². The van der Waals surface area contributed by atoms with Crippen LogP contribution in [-0.4, -0.2) is 43.4 Å². The second-order valence-corrected chi connectivity index (χ2v) is 5.46. The van der Waals surface area contributed by atoms with Crippen LogP contribution in [-0.2, 0) is 4.79 Å². The molecule has 0 spiro atoms. The van der Waals surface area contributed by atoms with Gasteiger partial charge in [-0.15, -0.1) is 0 Å².